The second kappa shape index (κ2) is 14.2. The normalized spacial score (nSPS) is 12.3. The van der Waals surface area contributed by atoms with Crippen LogP contribution in [0.2, 0.25) is 0 Å². The van der Waals surface area contributed by atoms with Crippen LogP contribution in [0.4, 0.5) is 10.1 Å². The van der Waals surface area contributed by atoms with Crippen LogP contribution in [0.15, 0.2) is 78.9 Å². The highest BCUT2D eigenvalue weighted by molar-refractivity contribution is 7.90. The summed E-state index contributed by atoms with van der Waals surface area (Å²) in [5.74, 6) is -1.59. The van der Waals surface area contributed by atoms with Crippen LogP contribution in [-0.2, 0) is 32.8 Å². The van der Waals surface area contributed by atoms with Crippen molar-refractivity contribution >= 4 is 27.7 Å². The molecule has 3 rings (SSSR count). The maximum absolute atomic E-state index is 14.9. The van der Waals surface area contributed by atoms with E-state index in [9.17, 15) is 22.4 Å². The van der Waals surface area contributed by atoms with Gasteiger partial charge in [-0.2, -0.15) is 12.7 Å². The van der Waals surface area contributed by atoms with Crippen LogP contribution < -0.4 is 9.62 Å². The van der Waals surface area contributed by atoms with Gasteiger partial charge in [0.15, 0.2) is 0 Å². The molecular formula is C31H39FN4O4S. The number of rotatable bonds is 13. The number of hydrogen-bond donors (Lipinski definition) is 1. The molecule has 3 aromatic carbocycles. The number of nitrogens with one attached hydrogen (secondary N) is 1. The van der Waals surface area contributed by atoms with Gasteiger partial charge in [-0.25, -0.2) is 8.70 Å². The summed E-state index contributed by atoms with van der Waals surface area (Å²) in [7, 11) is -1.64. The molecule has 10 heteroatoms. The van der Waals surface area contributed by atoms with Gasteiger partial charge in [0.1, 0.15) is 18.4 Å². The molecule has 0 aliphatic carbocycles. The van der Waals surface area contributed by atoms with Crippen LogP contribution in [0.5, 0.6) is 0 Å². The fraction of sp³-hybridized carbons (Fsp3) is 0.355. The number of carbonyl (C=O) groups excluding carboxylic acids is 2. The zero-order valence-electron chi connectivity index (χ0n) is 24.2. The van der Waals surface area contributed by atoms with E-state index in [-0.39, 0.29) is 30.5 Å². The van der Waals surface area contributed by atoms with E-state index in [2.05, 4.69) is 5.32 Å². The minimum absolute atomic E-state index is 0.0607. The number of para-hydroxylation sites is 1. The molecule has 1 N–H and O–H groups in total. The molecule has 1 atom stereocenters. The molecule has 0 saturated heterocycles. The number of nitrogens with zero attached hydrogens (tertiary/aromatic N) is 3. The van der Waals surface area contributed by atoms with Gasteiger partial charge in [-0.15, -0.1) is 0 Å². The fourth-order valence-corrected chi connectivity index (χ4v) is 5.37. The fourth-order valence-electron chi connectivity index (χ4n) is 4.30. The van der Waals surface area contributed by atoms with Crippen molar-refractivity contribution in [3.05, 3.63) is 101 Å². The first-order valence-electron chi connectivity index (χ1n) is 13.5. The number of aryl methyl sites for hydroxylation is 1. The van der Waals surface area contributed by atoms with Crippen LogP contribution in [0.3, 0.4) is 0 Å². The van der Waals surface area contributed by atoms with Crippen LogP contribution in [0.25, 0.3) is 0 Å². The number of amides is 2. The molecule has 0 saturated carbocycles. The van der Waals surface area contributed by atoms with E-state index < -0.39 is 34.5 Å². The minimum atomic E-state index is -4.27. The average Bonchev–Trinajstić information content (AvgIpc) is 2.94. The molecule has 220 valence electrons. The lowest BCUT2D eigenvalue weighted by Gasteiger charge is -2.34. The lowest BCUT2D eigenvalue weighted by molar-refractivity contribution is -0.140. The predicted octanol–water partition coefficient (Wildman–Crippen LogP) is 4.16. The molecular weight excluding hydrogens is 543 g/mol. The molecule has 0 fully saturated rings. The van der Waals surface area contributed by atoms with E-state index >= 15 is 0 Å². The molecule has 0 aromatic heterocycles. The van der Waals surface area contributed by atoms with Crippen LogP contribution >= 0.6 is 0 Å². The Kier molecular flexibility index (Phi) is 11.0. The molecule has 0 spiro atoms. The molecule has 0 aliphatic heterocycles. The van der Waals surface area contributed by atoms with Crippen molar-refractivity contribution < 1.29 is 22.4 Å². The molecule has 0 bridgehead atoms. The van der Waals surface area contributed by atoms with Crippen LogP contribution in [0, 0.1) is 18.7 Å². The summed E-state index contributed by atoms with van der Waals surface area (Å²) in [6.45, 7) is 5.63. The highest BCUT2D eigenvalue weighted by Gasteiger charge is 2.35. The topological polar surface area (TPSA) is 90.0 Å². The third-order valence-electron chi connectivity index (χ3n) is 6.70. The molecule has 41 heavy (non-hydrogen) atoms. The van der Waals surface area contributed by atoms with Gasteiger partial charge >= 0.3 is 10.2 Å². The van der Waals surface area contributed by atoms with Gasteiger partial charge in [-0.05, 0) is 41.7 Å². The quantitative estimate of drug-likeness (QED) is 0.328. The summed E-state index contributed by atoms with van der Waals surface area (Å²) in [5, 5.41) is 2.95. The summed E-state index contributed by atoms with van der Waals surface area (Å²) in [6, 6.07) is 21.3. The maximum Gasteiger partial charge on any atom is 0.304 e. The number of anilines is 1. The standard InChI is InChI=1S/C31H39FN4O4S/c1-23(2)20-33-31(38)29(19-25-14-7-6-8-15-25)35(21-26-16-10-9-13-24(26)3)30(37)22-36(41(39,40)34(4)5)28-18-12-11-17-27(28)32/h6-18,23,29H,19-22H2,1-5H3,(H,33,38)/t29-/m0/s1. The smallest absolute Gasteiger partial charge is 0.304 e. The van der Waals surface area contributed by atoms with E-state index in [0.29, 0.717) is 6.54 Å². The molecule has 8 nitrogen and oxygen atoms in total. The van der Waals surface area contributed by atoms with Crippen molar-refractivity contribution in [2.75, 3.05) is 31.5 Å². The van der Waals surface area contributed by atoms with Gasteiger partial charge in [-0.1, -0.05) is 80.6 Å². The minimum Gasteiger partial charge on any atom is -0.354 e. The Morgan fingerprint density at radius 2 is 1.51 bits per heavy atom. The van der Waals surface area contributed by atoms with Crippen LogP contribution in [-0.4, -0.2) is 62.7 Å². The third-order valence-corrected chi connectivity index (χ3v) is 8.50. The van der Waals surface area contributed by atoms with Crippen molar-refractivity contribution in [2.45, 2.75) is 39.8 Å². The Morgan fingerprint density at radius 1 is 0.902 bits per heavy atom. The van der Waals surface area contributed by atoms with E-state index in [0.717, 1.165) is 31.4 Å². The van der Waals surface area contributed by atoms with Gasteiger partial charge < -0.3 is 10.2 Å². The van der Waals surface area contributed by atoms with Gasteiger partial charge in [0.2, 0.25) is 11.8 Å². The van der Waals surface area contributed by atoms with E-state index in [4.69, 9.17) is 0 Å². The molecule has 0 radical (unpaired) electrons. The molecule has 3 aromatic rings. The van der Waals surface area contributed by atoms with Gasteiger partial charge in [0.25, 0.3) is 0 Å². The number of benzene rings is 3. The van der Waals surface area contributed by atoms with E-state index in [1.54, 1.807) is 0 Å². The Bertz CT molecular complexity index is 1430. The first kappa shape index (κ1) is 31.8. The lowest BCUT2D eigenvalue weighted by atomic mass is 10.0. The molecule has 0 heterocycles. The highest BCUT2D eigenvalue weighted by atomic mass is 32.2. The number of hydrogen-bond acceptors (Lipinski definition) is 4. The summed E-state index contributed by atoms with van der Waals surface area (Å²) < 4.78 is 43.3. The van der Waals surface area contributed by atoms with Gasteiger partial charge in [0.05, 0.1) is 5.69 Å². The van der Waals surface area contributed by atoms with Gasteiger partial charge in [0, 0.05) is 33.6 Å². The Morgan fingerprint density at radius 3 is 2.12 bits per heavy atom. The zero-order chi connectivity index (χ0) is 30.2. The molecule has 0 unspecified atom stereocenters. The molecule has 0 aliphatic rings. The maximum atomic E-state index is 14.9. The zero-order valence-corrected chi connectivity index (χ0v) is 25.1. The van der Waals surface area contributed by atoms with E-state index in [1.165, 1.54) is 37.2 Å². The van der Waals surface area contributed by atoms with Crippen molar-refractivity contribution in [3.8, 4) is 0 Å². The first-order chi connectivity index (χ1) is 19.4. The van der Waals surface area contributed by atoms with E-state index in [1.807, 2.05) is 75.4 Å². The second-order valence-electron chi connectivity index (χ2n) is 10.5. The van der Waals surface area contributed by atoms with Crippen molar-refractivity contribution in [2.24, 2.45) is 5.92 Å². The predicted molar refractivity (Wildman–Crippen MR) is 160 cm³/mol. The third kappa shape index (κ3) is 8.37. The van der Waals surface area contributed by atoms with Crippen molar-refractivity contribution in [3.63, 3.8) is 0 Å². The largest absolute Gasteiger partial charge is 0.354 e. The lowest BCUT2D eigenvalue weighted by Crippen LogP contribution is -2.54. The summed E-state index contributed by atoms with van der Waals surface area (Å²) in [5.41, 5.74) is 2.31. The summed E-state index contributed by atoms with van der Waals surface area (Å²) >= 11 is 0. The second-order valence-corrected chi connectivity index (χ2v) is 12.6. The highest BCUT2D eigenvalue weighted by Crippen LogP contribution is 2.24. The average molecular weight is 583 g/mol. The van der Waals surface area contributed by atoms with Gasteiger partial charge in [-0.3, -0.25) is 9.59 Å². The van der Waals surface area contributed by atoms with Crippen LogP contribution in [0.1, 0.15) is 30.5 Å². The SMILES string of the molecule is Cc1ccccc1CN(C(=O)CN(c1ccccc1F)S(=O)(=O)N(C)C)[C@@H](Cc1ccccc1)C(=O)NCC(C)C. The Labute approximate surface area is 243 Å². The first-order valence-corrected chi connectivity index (χ1v) is 14.9. The molecule has 2 amide bonds. The number of halogens is 1. The number of carbonyl (C=O) groups is 2. The Balaban J connectivity index is 2.11. The van der Waals surface area contributed by atoms with Crippen molar-refractivity contribution in [1.82, 2.24) is 14.5 Å². The monoisotopic (exact) mass is 582 g/mol. The van der Waals surface area contributed by atoms with Crippen molar-refractivity contribution in [1.29, 1.82) is 0 Å². The summed E-state index contributed by atoms with van der Waals surface area (Å²) in [4.78, 5) is 29.3. The Hall–Kier alpha value is -3.76. The summed E-state index contributed by atoms with van der Waals surface area (Å²) in [6.07, 6.45) is 0.211.